The molecular formula is C11H10BrFN4O. The summed E-state index contributed by atoms with van der Waals surface area (Å²) in [6, 6.07) is 4.07. The number of hydrogen-bond acceptors (Lipinski definition) is 3. The molecule has 0 fully saturated rings. The molecule has 0 atom stereocenters. The first-order chi connectivity index (χ1) is 8.56. The van der Waals surface area contributed by atoms with E-state index in [0.29, 0.717) is 10.3 Å². The molecule has 7 heteroatoms. The van der Waals surface area contributed by atoms with Crippen LogP contribution >= 0.6 is 15.9 Å². The van der Waals surface area contributed by atoms with Crippen LogP contribution in [-0.2, 0) is 6.54 Å². The summed E-state index contributed by atoms with van der Waals surface area (Å²) < 4.78 is 13.7. The van der Waals surface area contributed by atoms with Crippen molar-refractivity contribution in [2.75, 3.05) is 7.05 Å². The number of nitrogens with one attached hydrogen (secondary N) is 1. The largest absolute Gasteiger partial charge is 0.334 e. The second-order valence-corrected chi connectivity index (χ2v) is 4.67. The minimum absolute atomic E-state index is 0.281. The van der Waals surface area contributed by atoms with Crippen LogP contribution in [0.4, 0.5) is 4.39 Å². The molecule has 2 aromatic rings. The van der Waals surface area contributed by atoms with Gasteiger partial charge in [-0.15, -0.1) is 0 Å². The Labute approximate surface area is 111 Å². The average Bonchev–Trinajstić information content (AvgIpc) is 2.79. The maximum absolute atomic E-state index is 13.2. The Balaban J connectivity index is 2.15. The van der Waals surface area contributed by atoms with Crippen LogP contribution in [0.5, 0.6) is 0 Å². The van der Waals surface area contributed by atoms with E-state index in [1.807, 2.05) is 0 Å². The zero-order valence-electron chi connectivity index (χ0n) is 9.52. The summed E-state index contributed by atoms with van der Waals surface area (Å²) in [6.07, 6.45) is 1.37. The van der Waals surface area contributed by atoms with Gasteiger partial charge in [-0.1, -0.05) is 15.9 Å². The van der Waals surface area contributed by atoms with E-state index in [9.17, 15) is 9.18 Å². The fourth-order valence-corrected chi connectivity index (χ4v) is 1.97. The van der Waals surface area contributed by atoms with Gasteiger partial charge in [0.15, 0.2) is 0 Å². The van der Waals surface area contributed by atoms with Crippen LogP contribution in [-0.4, -0.2) is 33.0 Å². The first-order valence-electron chi connectivity index (χ1n) is 5.12. The van der Waals surface area contributed by atoms with Gasteiger partial charge < -0.3 is 4.90 Å². The standard InChI is InChI=1S/C11H10BrFN4O/c1-17(5-10-14-6-15-16-10)11(18)7-2-8(12)4-9(13)3-7/h2-4,6H,5H2,1H3,(H,14,15,16). The van der Waals surface area contributed by atoms with Gasteiger partial charge in [0.2, 0.25) is 0 Å². The Hall–Kier alpha value is -1.76. The summed E-state index contributed by atoms with van der Waals surface area (Å²) in [4.78, 5) is 17.4. The van der Waals surface area contributed by atoms with Gasteiger partial charge in [-0.05, 0) is 18.2 Å². The fourth-order valence-electron chi connectivity index (χ4n) is 1.50. The first kappa shape index (κ1) is 12.7. The highest BCUT2D eigenvalue weighted by atomic mass is 79.9. The van der Waals surface area contributed by atoms with E-state index in [2.05, 4.69) is 31.1 Å². The Morgan fingerprint density at radius 1 is 1.50 bits per heavy atom. The molecule has 1 aromatic carbocycles. The third kappa shape index (κ3) is 2.92. The molecule has 5 nitrogen and oxygen atoms in total. The third-order valence-electron chi connectivity index (χ3n) is 2.31. The van der Waals surface area contributed by atoms with E-state index in [1.165, 1.54) is 23.4 Å². The number of H-pyrrole nitrogens is 1. The molecule has 0 aliphatic carbocycles. The van der Waals surface area contributed by atoms with E-state index in [4.69, 9.17) is 0 Å². The van der Waals surface area contributed by atoms with Crippen molar-refractivity contribution in [2.24, 2.45) is 0 Å². The van der Waals surface area contributed by atoms with Gasteiger partial charge in [-0.25, -0.2) is 9.37 Å². The van der Waals surface area contributed by atoms with Crippen molar-refractivity contribution in [1.82, 2.24) is 20.1 Å². The molecule has 0 spiro atoms. The minimum Gasteiger partial charge on any atom is -0.334 e. The second kappa shape index (κ2) is 5.26. The van der Waals surface area contributed by atoms with Crippen LogP contribution in [0, 0.1) is 5.82 Å². The van der Waals surface area contributed by atoms with Crippen LogP contribution in [0.2, 0.25) is 0 Å². The Morgan fingerprint density at radius 2 is 2.28 bits per heavy atom. The SMILES string of the molecule is CN(Cc1ncn[nH]1)C(=O)c1cc(F)cc(Br)c1. The molecule has 1 N–H and O–H groups in total. The van der Waals surface area contributed by atoms with Gasteiger partial charge in [-0.2, -0.15) is 5.10 Å². The van der Waals surface area contributed by atoms with Crippen LogP contribution in [0.25, 0.3) is 0 Å². The number of carbonyl (C=O) groups excluding carboxylic acids is 1. The van der Waals surface area contributed by atoms with Gasteiger partial charge in [0.1, 0.15) is 18.0 Å². The lowest BCUT2D eigenvalue weighted by Gasteiger charge is -2.15. The average molecular weight is 313 g/mol. The van der Waals surface area contributed by atoms with Crippen LogP contribution in [0.1, 0.15) is 16.2 Å². The van der Waals surface area contributed by atoms with E-state index in [-0.39, 0.29) is 18.0 Å². The van der Waals surface area contributed by atoms with Crippen LogP contribution < -0.4 is 0 Å². The molecule has 18 heavy (non-hydrogen) atoms. The van der Waals surface area contributed by atoms with E-state index in [0.717, 1.165) is 0 Å². The van der Waals surface area contributed by atoms with E-state index >= 15 is 0 Å². The van der Waals surface area contributed by atoms with E-state index < -0.39 is 5.82 Å². The molecule has 0 saturated heterocycles. The lowest BCUT2D eigenvalue weighted by molar-refractivity contribution is 0.0781. The van der Waals surface area contributed by atoms with Crippen molar-refractivity contribution in [3.05, 3.63) is 46.2 Å². The monoisotopic (exact) mass is 312 g/mol. The normalized spacial score (nSPS) is 10.4. The van der Waals surface area contributed by atoms with Gasteiger partial charge in [0.05, 0.1) is 6.54 Å². The molecule has 0 aliphatic rings. The topological polar surface area (TPSA) is 61.9 Å². The number of nitrogens with zero attached hydrogens (tertiary/aromatic N) is 3. The molecule has 0 unspecified atom stereocenters. The predicted molar refractivity (Wildman–Crippen MR) is 66.3 cm³/mol. The highest BCUT2D eigenvalue weighted by Crippen LogP contribution is 2.16. The number of aromatic amines is 1. The van der Waals surface area contributed by atoms with Gasteiger partial charge in [0, 0.05) is 17.1 Å². The van der Waals surface area contributed by atoms with Crippen molar-refractivity contribution in [3.63, 3.8) is 0 Å². The third-order valence-corrected chi connectivity index (χ3v) is 2.77. The van der Waals surface area contributed by atoms with Crippen LogP contribution in [0.15, 0.2) is 29.0 Å². The van der Waals surface area contributed by atoms with Crippen molar-refractivity contribution >= 4 is 21.8 Å². The molecule has 0 saturated carbocycles. The smallest absolute Gasteiger partial charge is 0.254 e. The number of carbonyl (C=O) groups is 1. The Kier molecular flexibility index (Phi) is 3.71. The molecule has 0 bridgehead atoms. The molecule has 94 valence electrons. The zero-order chi connectivity index (χ0) is 13.1. The first-order valence-corrected chi connectivity index (χ1v) is 5.91. The summed E-state index contributed by atoms with van der Waals surface area (Å²) in [6.45, 7) is 0.285. The molecule has 0 radical (unpaired) electrons. The second-order valence-electron chi connectivity index (χ2n) is 3.75. The quantitative estimate of drug-likeness (QED) is 0.942. The highest BCUT2D eigenvalue weighted by Gasteiger charge is 2.14. The summed E-state index contributed by atoms with van der Waals surface area (Å²) in [5.41, 5.74) is 0.281. The van der Waals surface area contributed by atoms with Gasteiger partial charge >= 0.3 is 0 Å². The maximum atomic E-state index is 13.2. The molecule has 0 aliphatic heterocycles. The number of aromatic nitrogens is 3. The summed E-state index contributed by atoms with van der Waals surface area (Å²) in [5, 5.41) is 6.35. The van der Waals surface area contributed by atoms with Gasteiger partial charge in [0.25, 0.3) is 5.91 Å². The lowest BCUT2D eigenvalue weighted by atomic mass is 10.2. The number of hydrogen-bond donors (Lipinski definition) is 1. The number of rotatable bonds is 3. The summed E-state index contributed by atoms with van der Waals surface area (Å²) in [5.74, 6) is -0.172. The van der Waals surface area contributed by atoms with Crippen molar-refractivity contribution < 1.29 is 9.18 Å². The Morgan fingerprint density at radius 3 is 2.89 bits per heavy atom. The highest BCUT2D eigenvalue weighted by molar-refractivity contribution is 9.10. The molecule has 1 heterocycles. The summed E-state index contributed by atoms with van der Waals surface area (Å²) in [7, 11) is 1.61. The molecule has 2 rings (SSSR count). The van der Waals surface area contributed by atoms with E-state index in [1.54, 1.807) is 13.1 Å². The van der Waals surface area contributed by atoms with Crippen LogP contribution in [0.3, 0.4) is 0 Å². The number of amides is 1. The number of halogens is 2. The summed E-state index contributed by atoms with van der Waals surface area (Å²) >= 11 is 3.15. The number of benzene rings is 1. The molecule has 1 amide bonds. The maximum Gasteiger partial charge on any atom is 0.254 e. The van der Waals surface area contributed by atoms with Crippen molar-refractivity contribution in [3.8, 4) is 0 Å². The van der Waals surface area contributed by atoms with Crippen molar-refractivity contribution in [1.29, 1.82) is 0 Å². The fraction of sp³-hybridized carbons (Fsp3) is 0.182. The Bertz CT molecular complexity index is 538. The van der Waals surface area contributed by atoms with Crippen molar-refractivity contribution in [2.45, 2.75) is 6.54 Å². The lowest BCUT2D eigenvalue weighted by Crippen LogP contribution is -2.26. The molecular weight excluding hydrogens is 303 g/mol. The molecule has 1 aromatic heterocycles. The van der Waals surface area contributed by atoms with Gasteiger partial charge in [-0.3, -0.25) is 9.89 Å². The minimum atomic E-state index is -0.458. The predicted octanol–water partition coefficient (Wildman–Crippen LogP) is 1.98. The zero-order valence-corrected chi connectivity index (χ0v) is 11.1.